The Morgan fingerprint density at radius 3 is 2.28 bits per heavy atom. The lowest BCUT2D eigenvalue weighted by Crippen LogP contribution is -2.29. The first-order valence-electron chi connectivity index (χ1n) is 11.2. The molecule has 0 saturated carbocycles. The van der Waals surface area contributed by atoms with Gasteiger partial charge in [0.2, 0.25) is 0 Å². The summed E-state index contributed by atoms with van der Waals surface area (Å²) in [5.74, 6) is 0.616. The van der Waals surface area contributed by atoms with Crippen LogP contribution in [0, 0.1) is 6.92 Å². The number of nitrogens with zero attached hydrogens (tertiary/aromatic N) is 3. The van der Waals surface area contributed by atoms with Crippen molar-refractivity contribution in [1.82, 2.24) is 14.5 Å². The molecule has 2 N–H and O–H groups in total. The first-order valence-corrected chi connectivity index (χ1v) is 14.1. The van der Waals surface area contributed by atoms with Crippen LogP contribution >= 0.6 is 35.1 Å². The van der Waals surface area contributed by atoms with Crippen LogP contribution in [0.3, 0.4) is 0 Å². The molecule has 0 aliphatic heterocycles. The number of hydrogen-bond donors (Lipinski definition) is 2. The fourth-order valence-electron chi connectivity index (χ4n) is 4.06. The summed E-state index contributed by atoms with van der Waals surface area (Å²) in [4.78, 5) is 35.8. The number of nitrogens with one attached hydrogen (secondary N) is 2. The smallest absolute Gasteiger partial charge is 0.310 e. The number of hydrogen-bond acceptors (Lipinski definition) is 6. The van der Waals surface area contributed by atoms with Crippen molar-refractivity contribution in [3.63, 3.8) is 0 Å². The third kappa shape index (κ3) is 4.96. The van der Waals surface area contributed by atoms with Crippen molar-refractivity contribution in [2.45, 2.75) is 30.3 Å². The molecular weight excluding hydrogens is 514 g/mol. The number of aromatic nitrogens is 3. The van der Waals surface area contributed by atoms with Crippen LogP contribution in [-0.2, 0) is 13.5 Å². The van der Waals surface area contributed by atoms with E-state index in [4.69, 9.17) is 11.6 Å². The maximum atomic E-state index is 13.6. The van der Waals surface area contributed by atoms with E-state index in [1.807, 2.05) is 55.8 Å². The highest BCUT2D eigenvalue weighted by Crippen LogP contribution is 2.38. The Hall–Kier alpha value is -3.01. The number of carbonyl (C=O) groups excluding carboxylic acids is 1. The minimum Gasteiger partial charge on any atom is -0.310 e. The number of anilines is 2. The molecule has 2 aromatic heterocycles. The Bertz CT molecular complexity index is 1510. The topological polar surface area (TPSA) is 88.9 Å². The Morgan fingerprint density at radius 2 is 1.67 bits per heavy atom. The summed E-state index contributed by atoms with van der Waals surface area (Å²) in [6.45, 7) is 3.88. The molecule has 4 rings (SSSR count). The molecule has 0 spiro atoms. The minimum atomic E-state index is -0.565. The van der Waals surface area contributed by atoms with Gasteiger partial charge in [-0.2, -0.15) is 0 Å². The maximum Gasteiger partial charge on any atom is 0.324 e. The first-order chi connectivity index (χ1) is 17.3. The zero-order valence-corrected chi connectivity index (χ0v) is 23.0. The number of urea groups is 1. The van der Waals surface area contributed by atoms with E-state index in [1.165, 1.54) is 23.5 Å². The van der Waals surface area contributed by atoms with Gasteiger partial charge in [0.1, 0.15) is 27.3 Å². The van der Waals surface area contributed by atoms with Crippen LogP contribution in [-0.4, -0.2) is 33.1 Å². The molecule has 2 aromatic carbocycles. The number of fused-ring (bicyclic) bond motifs is 1. The molecule has 4 aromatic rings. The van der Waals surface area contributed by atoms with Gasteiger partial charge in [-0.3, -0.25) is 4.79 Å². The van der Waals surface area contributed by atoms with Crippen LogP contribution in [0.1, 0.15) is 18.3 Å². The molecule has 7 nitrogen and oxygen atoms in total. The van der Waals surface area contributed by atoms with Crippen molar-refractivity contribution in [3.8, 4) is 11.1 Å². The number of benzene rings is 2. The lowest BCUT2D eigenvalue weighted by molar-refractivity contribution is 0.262. The minimum absolute atomic E-state index is 0.147. The number of carbonyl (C=O) groups is 1. The third-order valence-corrected chi connectivity index (χ3v) is 7.52. The summed E-state index contributed by atoms with van der Waals surface area (Å²) in [6.07, 6.45) is 4.59. The fourth-order valence-corrected chi connectivity index (χ4v) is 5.50. The molecular formula is C26H26ClN5O2S2. The number of halogens is 1. The van der Waals surface area contributed by atoms with E-state index in [9.17, 15) is 9.59 Å². The van der Waals surface area contributed by atoms with Gasteiger partial charge in [0.25, 0.3) is 5.56 Å². The van der Waals surface area contributed by atoms with Gasteiger partial charge < -0.3 is 15.2 Å². The highest BCUT2D eigenvalue weighted by molar-refractivity contribution is 7.99. The Balaban J connectivity index is 1.90. The third-order valence-electron chi connectivity index (χ3n) is 5.83. The standard InChI is InChI=1S/C26H26ClN5O2S2/c1-6-15-11-12-19-17(13-15)20(16-9-7-8-10-18(16)27)21(25(33)32(19)3)30-26(34)31-22-23(35-4)28-14(2)29-24(22)36-5/h7-13H,6H2,1-5H3,(H2,30,31,34). The molecule has 0 aliphatic carbocycles. The van der Waals surface area contributed by atoms with E-state index >= 15 is 0 Å². The highest BCUT2D eigenvalue weighted by atomic mass is 35.5. The van der Waals surface area contributed by atoms with Gasteiger partial charge in [0, 0.05) is 28.6 Å². The zero-order chi connectivity index (χ0) is 26.0. The average molecular weight is 540 g/mol. The molecule has 0 aliphatic rings. The van der Waals surface area contributed by atoms with Crippen LogP contribution in [0.5, 0.6) is 0 Å². The Morgan fingerprint density at radius 1 is 1.03 bits per heavy atom. The highest BCUT2D eigenvalue weighted by Gasteiger charge is 2.22. The Labute approximate surface area is 223 Å². The van der Waals surface area contributed by atoms with Crippen molar-refractivity contribution in [3.05, 3.63) is 69.2 Å². The second-order valence-corrected chi connectivity index (χ2v) is 10.0. The predicted octanol–water partition coefficient (Wildman–Crippen LogP) is 6.61. The second kappa shape index (κ2) is 10.9. The predicted molar refractivity (Wildman–Crippen MR) is 152 cm³/mol. The monoisotopic (exact) mass is 539 g/mol. The van der Waals surface area contributed by atoms with Gasteiger partial charge in [0.15, 0.2) is 0 Å². The fraction of sp³-hybridized carbons (Fsp3) is 0.231. The molecule has 0 unspecified atom stereocenters. The van der Waals surface area contributed by atoms with Gasteiger partial charge in [0.05, 0.1) is 5.52 Å². The largest absolute Gasteiger partial charge is 0.324 e. The SMILES string of the molecule is CCc1ccc2c(c1)c(-c1ccccc1Cl)c(NC(=O)Nc1c(SC)nc(C)nc1SC)c(=O)n2C. The van der Waals surface area contributed by atoms with Crippen LogP contribution in [0.4, 0.5) is 16.2 Å². The van der Waals surface area contributed by atoms with Crippen LogP contribution < -0.4 is 16.2 Å². The Kier molecular flexibility index (Phi) is 7.92. The number of amides is 2. The maximum absolute atomic E-state index is 13.6. The van der Waals surface area contributed by atoms with Crippen molar-refractivity contribution in [2.75, 3.05) is 23.1 Å². The van der Waals surface area contributed by atoms with Crippen LogP contribution in [0.25, 0.3) is 22.0 Å². The molecule has 0 fully saturated rings. The average Bonchev–Trinajstić information content (AvgIpc) is 2.88. The van der Waals surface area contributed by atoms with Crippen molar-refractivity contribution in [1.29, 1.82) is 0 Å². The van der Waals surface area contributed by atoms with E-state index < -0.39 is 6.03 Å². The molecule has 2 heterocycles. The number of rotatable bonds is 6. The first kappa shape index (κ1) is 26.1. The number of aryl methyl sites for hydroxylation is 3. The molecule has 0 radical (unpaired) electrons. The van der Waals surface area contributed by atoms with Crippen molar-refractivity contribution >= 4 is 63.4 Å². The van der Waals surface area contributed by atoms with Crippen molar-refractivity contribution in [2.24, 2.45) is 7.05 Å². The van der Waals surface area contributed by atoms with Gasteiger partial charge in [-0.05, 0) is 49.6 Å². The van der Waals surface area contributed by atoms with E-state index in [2.05, 4.69) is 27.5 Å². The number of thioether (sulfide) groups is 2. The van der Waals surface area contributed by atoms with Gasteiger partial charge in [-0.15, -0.1) is 23.5 Å². The molecule has 10 heteroatoms. The van der Waals surface area contributed by atoms with Gasteiger partial charge in [-0.1, -0.05) is 42.8 Å². The summed E-state index contributed by atoms with van der Waals surface area (Å²) >= 11 is 9.42. The normalized spacial score (nSPS) is 11.1. The van der Waals surface area contributed by atoms with Crippen LogP contribution in [0.2, 0.25) is 5.02 Å². The van der Waals surface area contributed by atoms with Crippen molar-refractivity contribution < 1.29 is 4.79 Å². The summed E-state index contributed by atoms with van der Waals surface area (Å²) in [6, 6.07) is 12.7. The van der Waals surface area contributed by atoms with Crippen LogP contribution in [0.15, 0.2) is 57.3 Å². The lowest BCUT2D eigenvalue weighted by atomic mass is 9.97. The number of pyridine rings is 1. The molecule has 0 bridgehead atoms. The summed E-state index contributed by atoms with van der Waals surface area (Å²) in [5.41, 5.74) is 3.41. The van der Waals surface area contributed by atoms with E-state index in [0.29, 0.717) is 37.7 Å². The molecule has 2 amide bonds. The summed E-state index contributed by atoms with van der Waals surface area (Å²) in [7, 11) is 1.70. The summed E-state index contributed by atoms with van der Waals surface area (Å²) in [5, 5.41) is 8.30. The zero-order valence-electron chi connectivity index (χ0n) is 20.6. The van der Waals surface area contributed by atoms with E-state index in [1.54, 1.807) is 17.7 Å². The van der Waals surface area contributed by atoms with Gasteiger partial charge >= 0.3 is 6.03 Å². The molecule has 36 heavy (non-hydrogen) atoms. The van der Waals surface area contributed by atoms with Gasteiger partial charge in [-0.25, -0.2) is 14.8 Å². The lowest BCUT2D eigenvalue weighted by Gasteiger charge is -2.19. The molecule has 0 atom stereocenters. The molecule has 186 valence electrons. The van der Waals surface area contributed by atoms with E-state index in [-0.39, 0.29) is 11.2 Å². The van der Waals surface area contributed by atoms with E-state index in [0.717, 1.165) is 22.9 Å². The quantitative estimate of drug-likeness (QED) is 0.212. The summed E-state index contributed by atoms with van der Waals surface area (Å²) < 4.78 is 1.54. The molecule has 0 saturated heterocycles. The second-order valence-electron chi connectivity index (χ2n) is 8.04.